The Bertz CT molecular complexity index is 544. The molecule has 0 bridgehead atoms. The zero-order valence-electron chi connectivity index (χ0n) is 11.3. The fraction of sp³-hybridized carbons (Fsp3) is 0.438. The van der Waals surface area contributed by atoms with Crippen LogP contribution in [-0.2, 0) is 11.3 Å². The number of aromatic nitrogens is 1. The second kappa shape index (κ2) is 5.68. The van der Waals surface area contributed by atoms with E-state index in [1.807, 2.05) is 12.3 Å². The lowest BCUT2D eigenvalue weighted by Gasteiger charge is -2.20. The predicted octanol–water partition coefficient (Wildman–Crippen LogP) is 2.89. The highest BCUT2D eigenvalue weighted by Gasteiger charge is 2.21. The van der Waals surface area contributed by atoms with E-state index in [0.717, 1.165) is 18.7 Å². The Labute approximate surface area is 114 Å². The molecule has 0 radical (unpaired) electrons. The van der Waals surface area contributed by atoms with Crippen molar-refractivity contribution in [1.29, 1.82) is 0 Å². The van der Waals surface area contributed by atoms with E-state index in [1.165, 1.54) is 23.8 Å². The Morgan fingerprint density at radius 2 is 2.26 bits per heavy atom. The fourth-order valence-corrected chi connectivity index (χ4v) is 2.71. The average molecular weight is 256 g/mol. The molecule has 0 aliphatic carbocycles. The van der Waals surface area contributed by atoms with E-state index in [1.54, 1.807) is 0 Å². The summed E-state index contributed by atoms with van der Waals surface area (Å²) in [6.07, 6.45) is 4.61. The Hall–Kier alpha value is -1.45. The van der Waals surface area contributed by atoms with E-state index in [4.69, 9.17) is 4.74 Å². The molecule has 1 aromatic heterocycles. The Morgan fingerprint density at radius 1 is 1.37 bits per heavy atom. The van der Waals surface area contributed by atoms with E-state index in [0.29, 0.717) is 12.1 Å². The van der Waals surface area contributed by atoms with Gasteiger partial charge in [-0.05, 0) is 37.5 Å². The molecular weight excluding hydrogens is 236 g/mol. The molecule has 2 heterocycles. The van der Waals surface area contributed by atoms with Crippen LogP contribution in [0, 0.1) is 0 Å². The number of nitrogens with one attached hydrogen (secondary N) is 1. The largest absolute Gasteiger partial charge is 0.377 e. The molecule has 100 valence electrons. The first kappa shape index (κ1) is 12.6. The Kier molecular flexibility index (Phi) is 3.76. The molecule has 2 aromatic rings. The van der Waals surface area contributed by atoms with Gasteiger partial charge in [-0.15, -0.1) is 0 Å². The first-order chi connectivity index (χ1) is 9.34. The van der Waals surface area contributed by atoms with Crippen molar-refractivity contribution >= 4 is 10.9 Å². The number of rotatable bonds is 4. The van der Waals surface area contributed by atoms with E-state index >= 15 is 0 Å². The van der Waals surface area contributed by atoms with Crippen molar-refractivity contribution in [2.24, 2.45) is 0 Å². The molecule has 3 nitrogen and oxygen atoms in total. The van der Waals surface area contributed by atoms with Gasteiger partial charge in [-0.2, -0.15) is 0 Å². The van der Waals surface area contributed by atoms with Crippen LogP contribution in [0.2, 0.25) is 0 Å². The molecule has 2 unspecified atom stereocenters. The molecule has 3 heteroatoms. The number of hydrogen-bond acceptors (Lipinski definition) is 3. The van der Waals surface area contributed by atoms with Crippen molar-refractivity contribution < 1.29 is 4.74 Å². The molecule has 0 spiro atoms. The third kappa shape index (κ3) is 2.77. The van der Waals surface area contributed by atoms with Crippen LogP contribution in [0.25, 0.3) is 10.9 Å². The molecule has 2 atom stereocenters. The molecule has 1 N–H and O–H groups in total. The number of pyridine rings is 1. The van der Waals surface area contributed by atoms with Gasteiger partial charge in [0.05, 0.1) is 11.6 Å². The second-order valence-corrected chi connectivity index (χ2v) is 5.21. The zero-order chi connectivity index (χ0) is 13.1. The van der Waals surface area contributed by atoms with E-state index < -0.39 is 0 Å². The van der Waals surface area contributed by atoms with Crippen LogP contribution in [0.5, 0.6) is 0 Å². The molecule has 1 saturated heterocycles. The standard InChI is InChI=1S/C16H20N2O/c1-12(16-7-4-10-19-16)18-11-13-8-9-17-15-6-3-2-5-14(13)15/h2-3,5-6,8-9,12,16,18H,4,7,10-11H2,1H3. The molecule has 19 heavy (non-hydrogen) atoms. The molecule has 0 amide bonds. The van der Waals surface area contributed by atoms with Crippen molar-refractivity contribution in [1.82, 2.24) is 10.3 Å². The van der Waals surface area contributed by atoms with Crippen LogP contribution in [0.3, 0.4) is 0 Å². The second-order valence-electron chi connectivity index (χ2n) is 5.21. The maximum atomic E-state index is 5.72. The van der Waals surface area contributed by atoms with E-state index in [-0.39, 0.29) is 0 Å². The first-order valence-electron chi connectivity index (χ1n) is 7.02. The van der Waals surface area contributed by atoms with Gasteiger partial charge >= 0.3 is 0 Å². The Balaban J connectivity index is 1.71. The van der Waals surface area contributed by atoms with Gasteiger partial charge < -0.3 is 10.1 Å². The van der Waals surface area contributed by atoms with Gasteiger partial charge in [0, 0.05) is 30.8 Å². The predicted molar refractivity (Wildman–Crippen MR) is 77.0 cm³/mol. The number of para-hydroxylation sites is 1. The molecule has 1 aromatic carbocycles. The quantitative estimate of drug-likeness (QED) is 0.913. The van der Waals surface area contributed by atoms with Gasteiger partial charge in [0.1, 0.15) is 0 Å². The van der Waals surface area contributed by atoms with Gasteiger partial charge in [-0.3, -0.25) is 4.98 Å². The number of nitrogens with zero attached hydrogens (tertiary/aromatic N) is 1. The van der Waals surface area contributed by atoms with Crippen LogP contribution < -0.4 is 5.32 Å². The topological polar surface area (TPSA) is 34.2 Å². The number of hydrogen-bond donors (Lipinski definition) is 1. The lowest BCUT2D eigenvalue weighted by atomic mass is 10.1. The summed E-state index contributed by atoms with van der Waals surface area (Å²) in [6, 6.07) is 10.8. The summed E-state index contributed by atoms with van der Waals surface area (Å²) in [5, 5.41) is 4.81. The average Bonchev–Trinajstić information content (AvgIpc) is 2.99. The normalized spacial score (nSPS) is 20.8. The van der Waals surface area contributed by atoms with Crippen LogP contribution in [0.1, 0.15) is 25.3 Å². The van der Waals surface area contributed by atoms with E-state index in [9.17, 15) is 0 Å². The number of fused-ring (bicyclic) bond motifs is 1. The number of ether oxygens (including phenoxy) is 1. The highest BCUT2D eigenvalue weighted by molar-refractivity contribution is 5.81. The maximum absolute atomic E-state index is 5.72. The van der Waals surface area contributed by atoms with E-state index in [2.05, 4.69) is 41.5 Å². The summed E-state index contributed by atoms with van der Waals surface area (Å²) in [5.41, 5.74) is 2.36. The maximum Gasteiger partial charge on any atom is 0.0726 e. The van der Waals surface area contributed by atoms with Crippen molar-refractivity contribution in [2.75, 3.05) is 6.61 Å². The summed E-state index contributed by atoms with van der Waals surface area (Å²) < 4.78 is 5.72. The molecular formula is C16H20N2O. The Morgan fingerprint density at radius 3 is 3.11 bits per heavy atom. The summed E-state index contributed by atoms with van der Waals surface area (Å²) in [6.45, 7) is 3.98. The van der Waals surface area contributed by atoms with Crippen LogP contribution in [0.4, 0.5) is 0 Å². The van der Waals surface area contributed by atoms with Crippen LogP contribution >= 0.6 is 0 Å². The molecule has 1 aliphatic rings. The van der Waals surface area contributed by atoms with Crippen LogP contribution in [0.15, 0.2) is 36.5 Å². The summed E-state index contributed by atoms with van der Waals surface area (Å²) in [5.74, 6) is 0. The van der Waals surface area contributed by atoms with Crippen molar-refractivity contribution in [2.45, 2.75) is 38.5 Å². The summed E-state index contributed by atoms with van der Waals surface area (Å²) in [4.78, 5) is 4.39. The van der Waals surface area contributed by atoms with Gasteiger partial charge in [0.2, 0.25) is 0 Å². The smallest absolute Gasteiger partial charge is 0.0726 e. The summed E-state index contributed by atoms with van der Waals surface area (Å²) in [7, 11) is 0. The van der Waals surface area contributed by atoms with Crippen LogP contribution in [-0.4, -0.2) is 23.7 Å². The van der Waals surface area contributed by atoms with Gasteiger partial charge in [-0.1, -0.05) is 18.2 Å². The lowest BCUT2D eigenvalue weighted by Crippen LogP contribution is -2.36. The zero-order valence-corrected chi connectivity index (χ0v) is 11.3. The van der Waals surface area contributed by atoms with Gasteiger partial charge in [0.15, 0.2) is 0 Å². The molecule has 1 aliphatic heterocycles. The fourth-order valence-electron chi connectivity index (χ4n) is 2.71. The third-order valence-electron chi connectivity index (χ3n) is 3.88. The summed E-state index contributed by atoms with van der Waals surface area (Å²) >= 11 is 0. The molecule has 3 rings (SSSR count). The first-order valence-corrected chi connectivity index (χ1v) is 7.02. The molecule has 1 fully saturated rings. The SMILES string of the molecule is CC(NCc1ccnc2ccccc12)C1CCCO1. The number of benzene rings is 1. The van der Waals surface area contributed by atoms with Crippen molar-refractivity contribution in [3.05, 3.63) is 42.1 Å². The minimum absolute atomic E-state index is 0.369. The lowest BCUT2D eigenvalue weighted by molar-refractivity contribution is 0.0832. The van der Waals surface area contributed by atoms with Crippen molar-refractivity contribution in [3.63, 3.8) is 0 Å². The minimum atomic E-state index is 0.369. The van der Waals surface area contributed by atoms with Gasteiger partial charge in [0.25, 0.3) is 0 Å². The third-order valence-corrected chi connectivity index (χ3v) is 3.88. The highest BCUT2D eigenvalue weighted by Crippen LogP contribution is 2.18. The molecule has 0 saturated carbocycles. The van der Waals surface area contributed by atoms with Gasteiger partial charge in [-0.25, -0.2) is 0 Å². The monoisotopic (exact) mass is 256 g/mol. The minimum Gasteiger partial charge on any atom is -0.377 e. The highest BCUT2D eigenvalue weighted by atomic mass is 16.5. The van der Waals surface area contributed by atoms with Crippen molar-refractivity contribution in [3.8, 4) is 0 Å².